The second-order valence-corrected chi connectivity index (χ2v) is 6.04. The second kappa shape index (κ2) is 9.09. The van der Waals surface area contributed by atoms with E-state index in [0.717, 1.165) is 0 Å². The van der Waals surface area contributed by atoms with Crippen molar-refractivity contribution < 1.29 is 14.5 Å². The Kier molecular flexibility index (Phi) is 6.12. The molecular formula is C22H17N3O4. The van der Waals surface area contributed by atoms with E-state index >= 15 is 0 Å². The van der Waals surface area contributed by atoms with Gasteiger partial charge in [0, 0.05) is 23.9 Å². The van der Waals surface area contributed by atoms with E-state index in [1.807, 2.05) is 18.2 Å². The summed E-state index contributed by atoms with van der Waals surface area (Å²) < 4.78 is 0. The molecule has 0 heterocycles. The summed E-state index contributed by atoms with van der Waals surface area (Å²) in [6, 6.07) is 21.6. The molecule has 7 nitrogen and oxygen atoms in total. The smallest absolute Gasteiger partial charge is 0.270 e. The highest BCUT2D eigenvalue weighted by Crippen LogP contribution is 2.18. The summed E-state index contributed by atoms with van der Waals surface area (Å²) in [6.45, 7) is 0. The molecule has 0 aromatic heterocycles. The van der Waals surface area contributed by atoms with E-state index in [9.17, 15) is 19.7 Å². The Hall–Kier alpha value is -4.26. The average Bonchev–Trinajstić information content (AvgIpc) is 2.73. The van der Waals surface area contributed by atoms with Gasteiger partial charge in [-0.3, -0.25) is 19.7 Å². The molecule has 29 heavy (non-hydrogen) atoms. The van der Waals surface area contributed by atoms with Crippen LogP contribution in [0, 0.1) is 10.1 Å². The van der Waals surface area contributed by atoms with Crippen molar-refractivity contribution in [2.24, 2.45) is 0 Å². The van der Waals surface area contributed by atoms with Gasteiger partial charge in [0.1, 0.15) is 0 Å². The number of amides is 2. The van der Waals surface area contributed by atoms with Crippen LogP contribution in [0.4, 0.5) is 17.1 Å². The number of nitro groups is 1. The van der Waals surface area contributed by atoms with Gasteiger partial charge in [-0.25, -0.2) is 0 Å². The Morgan fingerprint density at radius 2 is 1.59 bits per heavy atom. The van der Waals surface area contributed by atoms with Crippen LogP contribution in [-0.4, -0.2) is 16.7 Å². The maximum Gasteiger partial charge on any atom is 0.270 e. The lowest BCUT2D eigenvalue weighted by atomic mass is 10.1. The largest absolute Gasteiger partial charge is 0.322 e. The summed E-state index contributed by atoms with van der Waals surface area (Å²) >= 11 is 0. The molecule has 0 radical (unpaired) electrons. The van der Waals surface area contributed by atoms with Crippen LogP contribution in [0.3, 0.4) is 0 Å². The summed E-state index contributed by atoms with van der Waals surface area (Å²) in [4.78, 5) is 35.2. The van der Waals surface area contributed by atoms with E-state index in [1.165, 1.54) is 24.3 Å². The zero-order valence-electron chi connectivity index (χ0n) is 15.2. The number of nitro benzene ring substituents is 1. The number of rotatable bonds is 6. The lowest BCUT2D eigenvalue weighted by Crippen LogP contribution is -2.16. The van der Waals surface area contributed by atoms with Crippen molar-refractivity contribution in [1.29, 1.82) is 0 Å². The topological polar surface area (TPSA) is 101 Å². The van der Waals surface area contributed by atoms with Gasteiger partial charge < -0.3 is 10.6 Å². The highest BCUT2D eigenvalue weighted by atomic mass is 16.6. The number of non-ortho nitro benzene ring substituents is 1. The minimum Gasteiger partial charge on any atom is -0.322 e. The number of hydrogen-bond donors (Lipinski definition) is 2. The van der Waals surface area contributed by atoms with Gasteiger partial charge in [-0.2, -0.15) is 0 Å². The molecule has 0 aliphatic rings. The van der Waals surface area contributed by atoms with Crippen LogP contribution in [0.1, 0.15) is 15.9 Å². The molecule has 2 amide bonds. The first-order valence-corrected chi connectivity index (χ1v) is 8.72. The van der Waals surface area contributed by atoms with Gasteiger partial charge in [-0.15, -0.1) is 0 Å². The molecule has 7 heteroatoms. The Morgan fingerprint density at radius 3 is 2.34 bits per heavy atom. The fourth-order valence-electron chi connectivity index (χ4n) is 2.60. The molecule has 3 rings (SSSR count). The molecule has 0 unspecified atom stereocenters. The van der Waals surface area contributed by atoms with E-state index in [4.69, 9.17) is 0 Å². The number of anilines is 2. The number of carbonyl (C=O) groups excluding carboxylic acids is 2. The number of benzene rings is 3. The van der Waals surface area contributed by atoms with Crippen LogP contribution >= 0.6 is 0 Å². The molecule has 0 saturated carbocycles. The first-order valence-electron chi connectivity index (χ1n) is 8.72. The third-order valence-electron chi connectivity index (χ3n) is 3.97. The van der Waals surface area contributed by atoms with Crippen LogP contribution in [-0.2, 0) is 4.79 Å². The van der Waals surface area contributed by atoms with E-state index in [-0.39, 0.29) is 11.6 Å². The second-order valence-electron chi connectivity index (χ2n) is 6.04. The van der Waals surface area contributed by atoms with Crippen molar-refractivity contribution in [2.75, 3.05) is 10.6 Å². The highest BCUT2D eigenvalue weighted by molar-refractivity contribution is 6.11. The Bertz CT molecular complexity index is 1080. The third-order valence-corrected chi connectivity index (χ3v) is 3.97. The molecular weight excluding hydrogens is 370 g/mol. The standard InChI is InChI=1S/C22H17N3O4/c26-21(14-13-16-7-6-10-18(15-16)25(28)29)24-20-12-5-4-11-19(20)22(27)23-17-8-2-1-3-9-17/h1-15H,(H,23,27)(H,24,26). The summed E-state index contributed by atoms with van der Waals surface area (Å²) in [5, 5.41) is 16.3. The molecule has 0 fully saturated rings. The molecule has 0 atom stereocenters. The van der Waals surface area contributed by atoms with E-state index in [0.29, 0.717) is 22.5 Å². The van der Waals surface area contributed by atoms with Crippen molar-refractivity contribution >= 4 is 35.0 Å². The number of para-hydroxylation sites is 2. The highest BCUT2D eigenvalue weighted by Gasteiger charge is 2.12. The Labute approximate surface area is 166 Å². The van der Waals surface area contributed by atoms with Crippen molar-refractivity contribution in [1.82, 2.24) is 0 Å². The van der Waals surface area contributed by atoms with Crippen molar-refractivity contribution in [3.8, 4) is 0 Å². The van der Waals surface area contributed by atoms with Gasteiger partial charge in [0.25, 0.3) is 11.6 Å². The van der Waals surface area contributed by atoms with Crippen molar-refractivity contribution in [2.45, 2.75) is 0 Å². The van der Waals surface area contributed by atoms with Gasteiger partial charge >= 0.3 is 0 Å². The zero-order valence-corrected chi connectivity index (χ0v) is 15.2. The Balaban J connectivity index is 1.72. The summed E-state index contributed by atoms with van der Waals surface area (Å²) in [7, 11) is 0. The van der Waals surface area contributed by atoms with E-state index in [1.54, 1.807) is 48.5 Å². The zero-order chi connectivity index (χ0) is 20.6. The molecule has 3 aromatic rings. The SMILES string of the molecule is O=C(C=Cc1cccc([N+](=O)[O-])c1)Nc1ccccc1C(=O)Nc1ccccc1. The van der Waals surface area contributed by atoms with E-state index < -0.39 is 10.8 Å². The summed E-state index contributed by atoms with van der Waals surface area (Å²) in [5.74, 6) is -0.814. The van der Waals surface area contributed by atoms with Crippen LogP contribution in [0.5, 0.6) is 0 Å². The first kappa shape index (κ1) is 19.5. The average molecular weight is 387 g/mol. The maximum atomic E-state index is 12.6. The molecule has 144 valence electrons. The number of carbonyl (C=O) groups is 2. The predicted octanol–water partition coefficient (Wildman–Crippen LogP) is 4.50. The number of nitrogens with one attached hydrogen (secondary N) is 2. The van der Waals surface area contributed by atoms with Gasteiger partial charge in [-0.1, -0.05) is 42.5 Å². The molecule has 0 aliphatic carbocycles. The van der Waals surface area contributed by atoms with Crippen LogP contribution in [0.15, 0.2) is 84.9 Å². The Morgan fingerprint density at radius 1 is 0.862 bits per heavy atom. The van der Waals surface area contributed by atoms with Gasteiger partial charge in [0.05, 0.1) is 16.2 Å². The van der Waals surface area contributed by atoms with Gasteiger partial charge in [0.2, 0.25) is 5.91 Å². The lowest BCUT2D eigenvalue weighted by molar-refractivity contribution is -0.384. The minimum atomic E-state index is -0.501. The van der Waals surface area contributed by atoms with E-state index in [2.05, 4.69) is 10.6 Å². The quantitative estimate of drug-likeness (QED) is 0.369. The number of nitrogens with zero attached hydrogens (tertiary/aromatic N) is 1. The van der Waals surface area contributed by atoms with Crippen LogP contribution in [0.2, 0.25) is 0 Å². The molecule has 0 aliphatic heterocycles. The maximum absolute atomic E-state index is 12.6. The minimum absolute atomic E-state index is 0.0597. The van der Waals surface area contributed by atoms with Gasteiger partial charge in [0.15, 0.2) is 0 Å². The monoisotopic (exact) mass is 387 g/mol. The summed E-state index contributed by atoms with van der Waals surface area (Å²) in [5.41, 5.74) is 1.77. The predicted molar refractivity (Wildman–Crippen MR) is 112 cm³/mol. The lowest BCUT2D eigenvalue weighted by Gasteiger charge is -2.10. The molecule has 2 N–H and O–H groups in total. The van der Waals surface area contributed by atoms with Crippen molar-refractivity contribution in [3.05, 3.63) is 106 Å². The fraction of sp³-hybridized carbons (Fsp3) is 0. The summed E-state index contributed by atoms with van der Waals surface area (Å²) in [6.07, 6.45) is 2.72. The van der Waals surface area contributed by atoms with Crippen LogP contribution < -0.4 is 10.6 Å². The first-order chi connectivity index (χ1) is 14.0. The van der Waals surface area contributed by atoms with Gasteiger partial charge in [-0.05, 0) is 35.9 Å². The third kappa shape index (κ3) is 5.36. The molecule has 0 bridgehead atoms. The number of hydrogen-bond acceptors (Lipinski definition) is 4. The molecule has 0 spiro atoms. The fourth-order valence-corrected chi connectivity index (χ4v) is 2.60. The molecule has 0 saturated heterocycles. The van der Waals surface area contributed by atoms with Crippen molar-refractivity contribution in [3.63, 3.8) is 0 Å². The normalized spacial score (nSPS) is 10.5. The van der Waals surface area contributed by atoms with Crippen LogP contribution in [0.25, 0.3) is 6.08 Å². The molecule has 3 aromatic carbocycles.